The standard InChI is InChI=1S/C18H20BrNO3S/c1-22-15-9-12(13(19)11-16(15)23-2)10-18(21)20-7-3-5-14(20)17-6-4-8-24-17/h4,6,8-9,11,14H,3,5,7,10H2,1-2H3/t14-/m1/s1. The van der Waals surface area contributed by atoms with Crippen LogP contribution in [0.4, 0.5) is 0 Å². The van der Waals surface area contributed by atoms with Crippen LogP contribution >= 0.6 is 27.3 Å². The van der Waals surface area contributed by atoms with Crippen molar-refractivity contribution in [3.05, 3.63) is 44.6 Å². The van der Waals surface area contributed by atoms with E-state index >= 15 is 0 Å². The lowest BCUT2D eigenvalue weighted by Gasteiger charge is -2.24. The number of benzene rings is 1. The molecule has 0 N–H and O–H groups in total. The number of rotatable bonds is 5. The molecule has 3 rings (SSSR count). The van der Waals surface area contributed by atoms with Crippen LogP contribution in [0.2, 0.25) is 0 Å². The Morgan fingerprint density at radius 3 is 2.75 bits per heavy atom. The van der Waals surface area contributed by atoms with Crippen molar-refractivity contribution in [1.29, 1.82) is 0 Å². The van der Waals surface area contributed by atoms with E-state index in [9.17, 15) is 4.79 Å². The number of likely N-dealkylation sites (tertiary alicyclic amines) is 1. The number of amides is 1. The van der Waals surface area contributed by atoms with Crippen LogP contribution in [-0.2, 0) is 11.2 Å². The lowest BCUT2D eigenvalue weighted by molar-refractivity contribution is -0.131. The van der Waals surface area contributed by atoms with Crippen molar-refractivity contribution in [2.75, 3.05) is 20.8 Å². The smallest absolute Gasteiger partial charge is 0.227 e. The van der Waals surface area contributed by atoms with Gasteiger partial charge in [-0.1, -0.05) is 22.0 Å². The van der Waals surface area contributed by atoms with Crippen molar-refractivity contribution in [2.24, 2.45) is 0 Å². The van der Waals surface area contributed by atoms with Crippen LogP contribution in [0.1, 0.15) is 29.3 Å². The van der Waals surface area contributed by atoms with Gasteiger partial charge in [-0.2, -0.15) is 0 Å². The predicted octanol–water partition coefficient (Wildman–Crippen LogP) is 4.43. The molecule has 0 saturated carbocycles. The molecule has 1 atom stereocenters. The maximum absolute atomic E-state index is 12.9. The molecule has 0 aliphatic carbocycles. The normalized spacial score (nSPS) is 17.1. The van der Waals surface area contributed by atoms with Gasteiger partial charge in [0.1, 0.15) is 0 Å². The first-order chi connectivity index (χ1) is 11.6. The summed E-state index contributed by atoms with van der Waals surface area (Å²) in [4.78, 5) is 16.1. The Morgan fingerprint density at radius 1 is 1.33 bits per heavy atom. The van der Waals surface area contributed by atoms with E-state index in [1.807, 2.05) is 23.1 Å². The van der Waals surface area contributed by atoms with E-state index in [0.717, 1.165) is 29.4 Å². The van der Waals surface area contributed by atoms with Gasteiger partial charge in [0.2, 0.25) is 5.91 Å². The quantitative estimate of drug-likeness (QED) is 0.732. The fourth-order valence-electron chi connectivity index (χ4n) is 3.14. The van der Waals surface area contributed by atoms with Gasteiger partial charge in [-0.25, -0.2) is 0 Å². The minimum atomic E-state index is 0.152. The molecule has 1 aromatic carbocycles. The molecule has 2 aromatic rings. The number of thiophene rings is 1. The fraction of sp³-hybridized carbons (Fsp3) is 0.389. The molecule has 128 valence electrons. The van der Waals surface area contributed by atoms with Crippen LogP contribution in [0.15, 0.2) is 34.1 Å². The highest BCUT2D eigenvalue weighted by molar-refractivity contribution is 9.10. The first kappa shape index (κ1) is 17.3. The number of hydrogen-bond acceptors (Lipinski definition) is 4. The molecule has 6 heteroatoms. The van der Waals surface area contributed by atoms with Gasteiger partial charge in [0, 0.05) is 15.9 Å². The van der Waals surface area contributed by atoms with Crippen molar-refractivity contribution >= 4 is 33.2 Å². The van der Waals surface area contributed by atoms with Crippen molar-refractivity contribution in [3.8, 4) is 11.5 Å². The third-order valence-electron chi connectivity index (χ3n) is 4.34. The fourth-order valence-corrected chi connectivity index (χ4v) is 4.47. The first-order valence-electron chi connectivity index (χ1n) is 7.87. The topological polar surface area (TPSA) is 38.8 Å². The molecule has 0 unspecified atom stereocenters. The molecule has 0 bridgehead atoms. The van der Waals surface area contributed by atoms with Crippen LogP contribution in [0.25, 0.3) is 0 Å². The molecule has 1 aliphatic heterocycles. The van der Waals surface area contributed by atoms with Crippen LogP contribution in [0.3, 0.4) is 0 Å². The molecule has 0 spiro atoms. The van der Waals surface area contributed by atoms with E-state index in [4.69, 9.17) is 9.47 Å². The second-order valence-electron chi connectivity index (χ2n) is 5.74. The lowest BCUT2D eigenvalue weighted by atomic mass is 10.1. The minimum absolute atomic E-state index is 0.152. The summed E-state index contributed by atoms with van der Waals surface area (Å²) in [5.41, 5.74) is 0.912. The van der Waals surface area contributed by atoms with Gasteiger partial charge in [0.15, 0.2) is 11.5 Å². The van der Waals surface area contributed by atoms with E-state index in [0.29, 0.717) is 17.9 Å². The van der Waals surface area contributed by atoms with Gasteiger partial charge in [0.05, 0.1) is 26.7 Å². The van der Waals surface area contributed by atoms with Crippen molar-refractivity contribution < 1.29 is 14.3 Å². The molecule has 24 heavy (non-hydrogen) atoms. The molecule has 0 radical (unpaired) electrons. The highest BCUT2D eigenvalue weighted by atomic mass is 79.9. The number of carbonyl (C=O) groups is 1. The highest BCUT2D eigenvalue weighted by Crippen LogP contribution is 2.37. The summed E-state index contributed by atoms with van der Waals surface area (Å²) in [5, 5.41) is 2.07. The minimum Gasteiger partial charge on any atom is -0.493 e. The van der Waals surface area contributed by atoms with Gasteiger partial charge < -0.3 is 14.4 Å². The molecule has 2 heterocycles. The van der Waals surface area contributed by atoms with E-state index < -0.39 is 0 Å². The molecule has 1 fully saturated rings. The Kier molecular flexibility index (Phi) is 5.46. The van der Waals surface area contributed by atoms with Crippen LogP contribution in [-0.4, -0.2) is 31.6 Å². The van der Waals surface area contributed by atoms with Crippen LogP contribution < -0.4 is 9.47 Å². The van der Waals surface area contributed by atoms with Gasteiger partial charge in [0.25, 0.3) is 0 Å². The Balaban J connectivity index is 1.79. The molecule has 1 amide bonds. The molecular formula is C18H20BrNO3S. The zero-order chi connectivity index (χ0) is 17.1. The third kappa shape index (κ3) is 3.44. The number of hydrogen-bond donors (Lipinski definition) is 0. The Morgan fingerprint density at radius 2 is 2.08 bits per heavy atom. The summed E-state index contributed by atoms with van der Waals surface area (Å²) < 4.78 is 11.5. The summed E-state index contributed by atoms with van der Waals surface area (Å²) in [7, 11) is 3.20. The molecular weight excluding hydrogens is 390 g/mol. The van der Waals surface area contributed by atoms with E-state index in [2.05, 4.69) is 27.4 Å². The van der Waals surface area contributed by atoms with E-state index in [-0.39, 0.29) is 11.9 Å². The van der Waals surface area contributed by atoms with E-state index in [1.165, 1.54) is 4.88 Å². The summed E-state index contributed by atoms with van der Waals surface area (Å²) >= 11 is 5.26. The molecule has 1 aromatic heterocycles. The second kappa shape index (κ2) is 7.57. The summed E-state index contributed by atoms with van der Waals surface area (Å²) in [6.45, 7) is 0.826. The van der Waals surface area contributed by atoms with Gasteiger partial charge in [-0.3, -0.25) is 4.79 Å². The Labute approximate surface area is 154 Å². The number of carbonyl (C=O) groups excluding carboxylic acids is 1. The average molecular weight is 410 g/mol. The van der Waals surface area contributed by atoms with Crippen molar-refractivity contribution in [1.82, 2.24) is 4.90 Å². The first-order valence-corrected chi connectivity index (χ1v) is 9.54. The van der Waals surface area contributed by atoms with E-state index in [1.54, 1.807) is 25.6 Å². The molecule has 4 nitrogen and oxygen atoms in total. The van der Waals surface area contributed by atoms with Crippen molar-refractivity contribution in [3.63, 3.8) is 0 Å². The largest absolute Gasteiger partial charge is 0.493 e. The molecule has 1 aliphatic rings. The summed E-state index contributed by atoms with van der Waals surface area (Å²) in [6.07, 6.45) is 2.45. The second-order valence-corrected chi connectivity index (χ2v) is 7.57. The number of halogens is 1. The molecule has 1 saturated heterocycles. The Hall–Kier alpha value is -1.53. The summed E-state index contributed by atoms with van der Waals surface area (Å²) in [6, 6.07) is 8.11. The van der Waals surface area contributed by atoms with Crippen LogP contribution in [0, 0.1) is 0 Å². The zero-order valence-electron chi connectivity index (χ0n) is 13.8. The number of ether oxygens (including phenoxy) is 2. The SMILES string of the molecule is COc1cc(Br)c(CC(=O)N2CCC[C@@H]2c2cccs2)cc1OC. The monoisotopic (exact) mass is 409 g/mol. The third-order valence-corrected chi connectivity index (χ3v) is 6.05. The number of nitrogens with zero attached hydrogens (tertiary/aromatic N) is 1. The maximum atomic E-state index is 12.9. The van der Waals surface area contributed by atoms with Gasteiger partial charge in [-0.15, -0.1) is 11.3 Å². The number of methoxy groups -OCH3 is 2. The predicted molar refractivity (Wildman–Crippen MR) is 99.0 cm³/mol. The van der Waals surface area contributed by atoms with Gasteiger partial charge >= 0.3 is 0 Å². The Bertz CT molecular complexity index is 717. The van der Waals surface area contributed by atoms with Gasteiger partial charge in [-0.05, 0) is 42.0 Å². The van der Waals surface area contributed by atoms with Crippen molar-refractivity contribution in [2.45, 2.75) is 25.3 Å². The summed E-state index contributed by atoms with van der Waals surface area (Å²) in [5.74, 6) is 1.44. The lowest BCUT2D eigenvalue weighted by Crippen LogP contribution is -2.31. The highest BCUT2D eigenvalue weighted by Gasteiger charge is 2.30. The average Bonchev–Trinajstić information content (AvgIpc) is 3.26. The van der Waals surface area contributed by atoms with Crippen LogP contribution in [0.5, 0.6) is 11.5 Å². The maximum Gasteiger partial charge on any atom is 0.227 e. The zero-order valence-corrected chi connectivity index (χ0v) is 16.2.